The van der Waals surface area contributed by atoms with Crippen molar-refractivity contribution in [3.63, 3.8) is 0 Å². The Morgan fingerprint density at radius 1 is 1.00 bits per heavy atom. The van der Waals surface area contributed by atoms with E-state index in [0.717, 1.165) is 11.4 Å². The van der Waals surface area contributed by atoms with Crippen LogP contribution in [0.4, 0.5) is 0 Å². The lowest BCUT2D eigenvalue weighted by molar-refractivity contribution is 0.917. The van der Waals surface area contributed by atoms with E-state index >= 15 is 0 Å². The van der Waals surface area contributed by atoms with E-state index in [1.54, 1.807) is 0 Å². The summed E-state index contributed by atoms with van der Waals surface area (Å²) in [5, 5.41) is 5.72. The van der Waals surface area contributed by atoms with Crippen molar-refractivity contribution in [2.45, 2.75) is 0 Å². The SMILES string of the molecule is C=C(NC)C(=C)NC. The minimum Gasteiger partial charge on any atom is -0.387 e. The van der Waals surface area contributed by atoms with E-state index in [0.29, 0.717) is 0 Å². The second-order valence-corrected chi connectivity index (χ2v) is 1.46. The van der Waals surface area contributed by atoms with Gasteiger partial charge in [-0.25, -0.2) is 0 Å². The summed E-state index contributed by atoms with van der Waals surface area (Å²) in [4.78, 5) is 0. The lowest BCUT2D eigenvalue weighted by Crippen LogP contribution is -2.15. The van der Waals surface area contributed by atoms with Gasteiger partial charge in [-0.05, 0) is 0 Å². The van der Waals surface area contributed by atoms with Crippen molar-refractivity contribution in [3.05, 3.63) is 24.6 Å². The fraction of sp³-hybridized carbons (Fsp3) is 0.333. The van der Waals surface area contributed by atoms with Crippen LogP contribution in [-0.2, 0) is 0 Å². The molecule has 0 saturated carbocycles. The molecule has 46 valence electrons. The van der Waals surface area contributed by atoms with Crippen LogP contribution in [0, 0.1) is 0 Å². The van der Waals surface area contributed by atoms with Crippen LogP contribution in [0.2, 0.25) is 0 Å². The predicted octanol–water partition coefficient (Wildman–Crippen LogP) is 0.453. The van der Waals surface area contributed by atoms with Crippen molar-refractivity contribution in [2.24, 2.45) is 0 Å². The molecule has 2 N–H and O–H groups in total. The molecule has 0 radical (unpaired) electrons. The summed E-state index contributed by atoms with van der Waals surface area (Å²) in [7, 11) is 3.62. The molecule has 0 aliphatic carbocycles. The minimum atomic E-state index is 0.826. The summed E-state index contributed by atoms with van der Waals surface area (Å²) in [6.07, 6.45) is 0. The van der Waals surface area contributed by atoms with E-state index in [-0.39, 0.29) is 0 Å². The number of nitrogens with one attached hydrogen (secondary N) is 2. The van der Waals surface area contributed by atoms with Gasteiger partial charge in [0, 0.05) is 25.5 Å². The van der Waals surface area contributed by atoms with Crippen molar-refractivity contribution in [1.82, 2.24) is 10.6 Å². The molecule has 0 aromatic heterocycles. The molecule has 0 spiro atoms. The molecule has 0 bridgehead atoms. The third-order valence-corrected chi connectivity index (χ3v) is 0.968. The quantitative estimate of drug-likeness (QED) is 0.518. The summed E-state index contributed by atoms with van der Waals surface area (Å²) < 4.78 is 0. The molecular weight excluding hydrogens is 100 g/mol. The Bertz CT molecular complexity index is 91.1. The number of likely N-dealkylation sites (N-methyl/N-ethyl adjacent to an activating group) is 2. The van der Waals surface area contributed by atoms with Gasteiger partial charge in [0.15, 0.2) is 0 Å². The number of hydrogen-bond donors (Lipinski definition) is 2. The maximum absolute atomic E-state index is 3.67. The highest BCUT2D eigenvalue weighted by Gasteiger charge is 1.88. The zero-order valence-corrected chi connectivity index (χ0v) is 5.41. The Labute approximate surface area is 50.3 Å². The van der Waals surface area contributed by atoms with Gasteiger partial charge in [0.2, 0.25) is 0 Å². The summed E-state index contributed by atoms with van der Waals surface area (Å²) in [6.45, 7) is 7.34. The predicted molar refractivity (Wildman–Crippen MR) is 36.4 cm³/mol. The van der Waals surface area contributed by atoms with Crippen molar-refractivity contribution < 1.29 is 0 Å². The summed E-state index contributed by atoms with van der Waals surface area (Å²) in [5.41, 5.74) is 1.65. The highest BCUT2D eigenvalue weighted by Crippen LogP contribution is 1.91. The van der Waals surface area contributed by atoms with Crippen LogP contribution in [0.3, 0.4) is 0 Å². The molecule has 8 heavy (non-hydrogen) atoms. The van der Waals surface area contributed by atoms with E-state index in [2.05, 4.69) is 23.8 Å². The minimum absolute atomic E-state index is 0.826. The largest absolute Gasteiger partial charge is 0.387 e. The van der Waals surface area contributed by atoms with Crippen LogP contribution < -0.4 is 10.6 Å². The van der Waals surface area contributed by atoms with Gasteiger partial charge in [-0.2, -0.15) is 0 Å². The third-order valence-electron chi connectivity index (χ3n) is 0.968. The fourth-order valence-electron chi connectivity index (χ4n) is 0.302. The van der Waals surface area contributed by atoms with Gasteiger partial charge in [0.1, 0.15) is 0 Å². The summed E-state index contributed by atoms with van der Waals surface area (Å²) >= 11 is 0. The third kappa shape index (κ3) is 1.69. The molecular formula is C6H12N2. The van der Waals surface area contributed by atoms with E-state index in [1.807, 2.05) is 14.1 Å². The number of hydrogen-bond acceptors (Lipinski definition) is 2. The van der Waals surface area contributed by atoms with Crippen molar-refractivity contribution in [2.75, 3.05) is 14.1 Å². The van der Waals surface area contributed by atoms with Crippen LogP contribution in [0.15, 0.2) is 24.6 Å². The Kier molecular flexibility index (Phi) is 2.77. The van der Waals surface area contributed by atoms with Crippen LogP contribution in [0.5, 0.6) is 0 Å². The van der Waals surface area contributed by atoms with E-state index in [1.165, 1.54) is 0 Å². The molecule has 0 amide bonds. The van der Waals surface area contributed by atoms with Crippen LogP contribution >= 0.6 is 0 Å². The molecule has 0 unspecified atom stereocenters. The van der Waals surface area contributed by atoms with Crippen molar-refractivity contribution >= 4 is 0 Å². The molecule has 0 aromatic rings. The van der Waals surface area contributed by atoms with Gasteiger partial charge >= 0.3 is 0 Å². The normalized spacial score (nSPS) is 7.75. The second kappa shape index (κ2) is 3.13. The van der Waals surface area contributed by atoms with Gasteiger partial charge in [0.05, 0.1) is 0 Å². The summed E-state index contributed by atoms with van der Waals surface area (Å²) in [5.74, 6) is 0. The van der Waals surface area contributed by atoms with Gasteiger partial charge in [0.25, 0.3) is 0 Å². The maximum atomic E-state index is 3.67. The topological polar surface area (TPSA) is 24.1 Å². The van der Waals surface area contributed by atoms with Gasteiger partial charge in [-0.15, -0.1) is 0 Å². The first-order chi connectivity index (χ1) is 3.72. The molecule has 0 atom stereocenters. The smallest absolute Gasteiger partial charge is 0.0494 e. The zero-order valence-electron chi connectivity index (χ0n) is 5.41. The first-order valence-electron chi connectivity index (χ1n) is 2.46. The van der Waals surface area contributed by atoms with Crippen molar-refractivity contribution in [3.8, 4) is 0 Å². The molecule has 0 saturated heterocycles. The van der Waals surface area contributed by atoms with Gasteiger partial charge < -0.3 is 10.6 Å². The molecule has 0 aromatic carbocycles. The number of rotatable bonds is 3. The van der Waals surface area contributed by atoms with E-state index in [4.69, 9.17) is 0 Å². The average Bonchev–Trinajstić information content (AvgIpc) is 1.84. The Morgan fingerprint density at radius 3 is 1.38 bits per heavy atom. The van der Waals surface area contributed by atoms with E-state index < -0.39 is 0 Å². The Hall–Kier alpha value is -0.920. The highest BCUT2D eigenvalue weighted by molar-refractivity contribution is 5.20. The fourth-order valence-corrected chi connectivity index (χ4v) is 0.302. The van der Waals surface area contributed by atoms with Crippen LogP contribution in [0.25, 0.3) is 0 Å². The first-order valence-corrected chi connectivity index (χ1v) is 2.46. The Morgan fingerprint density at radius 2 is 1.25 bits per heavy atom. The molecule has 2 heteroatoms. The molecule has 0 fully saturated rings. The standard InChI is InChI=1S/C6H12N2/c1-5(7-3)6(2)8-4/h7-8H,1-2H2,3-4H3. The monoisotopic (exact) mass is 112 g/mol. The lowest BCUT2D eigenvalue weighted by Gasteiger charge is -2.05. The average molecular weight is 112 g/mol. The lowest BCUT2D eigenvalue weighted by atomic mass is 10.4. The van der Waals surface area contributed by atoms with Gasteiger partial charge in [-0.1, -0.05) is 13.2 Å². The molecule has 0 heterocycles. The molecule has 2 nitrogen and oxygen atoms in total. The van der Waals surface area contributed by atoms with Crippen LogP contribution in [-0.4, -0.2) is 14.1 Å². The molecule has 0 aliphatic heterocycles. The zero-order chi connectivity index (χ0) is 6.57. The van der Waals surface area contributed by atoms with Crippen LogP contribution in [0.1, 0.15) is 0 Å². The van der Waals surface area contributed by atoms with Crippen molar-refractivity contribution in [1.29, 1.82) is 0 Å². The second-order valence-electron chi connectivity index (χ2n) is 1.46. The molecule has 0 rings (SSSR count). The first kappa shape index (κ1) is 7.08. The maximum Gasteiger partial charge on any atom is 0.0494 e. The van der Waals surface area contributed by atoms with E-state index in [9.17, 15) is 0 Å². The summed E-state index contributed by atoms with van der Waals surface area (Å²) in [6, 6.07) is 0. The van der Waals surface area contributed by atoms with Gasteiger partial charge in [-0.3, -0.25) is 0 Å². The Balaban J connectivity index is 3.64. The molecule has 0 aliphatic rings. The highest BCUT2D eigenvalue weighted by atomic mass is 14.9.